The molecule has 2 rings (SSSR count). The molecule has 26 heavy (non-hydrogen) atoms. The fourth-order valence-electron chi connectivity index (χ4n) is 2.14. The molecule has 0 fully saturated rings. The van der Waals surface area contributed by atoms with Crippen LogP contribution in [0.2, 0.25) is 5.02 Å². The van der Waals surface area contributed by atoms with E-state index in [-0.39, 0.29) is 11.3 Å². The van der Waals surface area contributed by atoms with Gasteiger partial charge in [0.05, 0.1) is 27.9 Å². The number of hydrogen-bond acceptors (Lipinski definition) is 5. The molecule has 0 radical (unpaired) electrons. The molecule has 0 saturated heterocycles. The second-order valence-electron chi connectivity index (χ2n) is 6.65. The molecule has 5 nitrogen and oxygen atoms in total. The number of carbonyl (C=O) groups excluding carboxylic acids is 1. The average Bonchev–Trinajstić information content (AvgIpc) is 2.86. The standard InChI is InChI=1S/C19H22ClNO4S/c1-6-25-13-8-11(7-12(20)17(13)24-5)9-14-18(23)21-16(26-14)10-15(22)19(2,3)4/h7-10H,6H2,1-5H3,(H,21,23)/b14-9-,16-10-. The maximum atomic E-state index is 12.2. The fraction of sp³-hybridized carbons (Fsp3) is 0.368. The molecule has 140 valence electrons. The maximum absolute atomic E-state index is 12.2. The number of ketones is 1. The van der Waals surface area contributed by atoms with Crippen LogP contribution in [0.4, 0.5) is 0 Å². The van der Waals surface area contributed by atoms with Crippen LogP contribution in [0.5, 0.6) is 11.5 Å². The normalized spacial score (nSPS) is 13.2. The molecule has 1 heterocycles. The van der Waals surface area contributed by atoms with E-state index in [9.17, 15) is 9.59 Å². The molecule has 0 aliphatic heterocycles. The number of Topliss-reactive ketones (excluding diaryl/α,β-unsaturated/α-hetero) is 1. The summed E-state index contributed by atoms with van der Waals surface area (Å²) in [7, 11) is 1.52. The number of aromatic nitrogens is 1. The summed E-state index contributed by atoms with van der Waals surface area (Å²) in [5.41, 5.74) is -0.0474. The molecule has 0 aliphatic carbocycles. The van der Waals surface area contributed by atoms with Crippen molar-refractivity contribution < 1.29 is 14.3 Å². The number of methoxy groups -OCH3 is 1. The lowest BCUT2D eigenvalue weighted by Crippen LogP contribution is -2.22. The summed E-state index contributed by atoms with van der Waals surface area (Å²) in [6, 6.07) is 3.46. The predicted molar refractivity (Wildman–Crippen MR) is 106 cm³/mol. The highest BCUT2D eigenvalue weighted by atomic mass is 35.5. The molecule has 2 aromatic rings. The predicted octanol–water partition coefficient (Wildman–Crippen LogP) is 2.72. The van der Waals surface area contributed by atoms with E-state index in [1.54, 1.807) is 18.2 Å². The molecule has 0 spiro atoms. The van der Waals surface area contributed by atoms with Crippen molar-refractivity contribution in [1.29, 1.82) is 0 Å². The molecule has 0 bridgehead atoms. The lowest BCUT2D eigenvalue weighted by atomic mass is 9.91. The lowest BCUT2D eigenvalue weighted by molar-refractivity contribution is -0.119. The van der Waals surface area contributed by atoms with E-state index in [2.05, 4.69) is 4.98 Å². The largest absolute Gasteiger partial charge is 0.491 e. The Morgan fingerprint density at radius 3 is 2.62 bits per heavy atom. The lowest BCUT2D eigenvalue weighted by Gasteiger charge is -2.12. The third kappa shape index (κ3) is 4.77. The van der Waals surface area contributed by atoms with E-state index >= 15 is 0 Å². The molecule has 7 heteroatoms. The number of aromatic amines is 1. The molecular formula is C19H22ClNO4S. The molecule has 1 aromatic heterocycles. The Balaban J connectivity index is 2.53. The molecule has 0 unspecified atom stereocenters. The number of thiazole rings is 1. The van der Waals surface area contributed by atoms with E-state index in [1.165, 1.54) is 24.5 Å². The minimum absolute atomic E-state index is 0.0485. The number of H-pyrrole nitrogens is 1. The van der Waals surface area contributed by atoms with E-state index in [4.69, 9.17) is 21.1 Å². The first-order valence-electron chi connectivity index (χ1n) is 8.13. The van der Waals surface area contributed by atoms with Crippen LogP contribution >= 0.6 is 22.9 Å². The number of benzene rings is 1. The molecule has 1 N–H and O–H groups in total. The Bertz CT molecular complexity index is 982. The smallest absolute Gasteiger partial charge is 0.266 e. The van der Waals surface area contributed by atoms with E-state index in [0.29, 0.717) is 37.9 Å². The van der Waals surface area contributed by atoms with Crippen LogP contribution in [-0.4, -0.2) is 24.5 Å². The van der Waals surface area contributed by atoms with Crippen LogP contribution in [0.3, 0.4) is 0 Å². The van der Waals surface area contributed by atoms with Gasteiger partial charge in [-0.3, -0.25) is 9.59 Å². The van der Waals surface area contributed by atoms with Gasteiger partial charge in [0.25, 0.3) is 5.56 Å². The summed E-state index contributed by atoms with van der Waals surface area (Å²) in [4.78, 5) is 27.0. The average molecular weight is 396 g/mol. The van der Waals surface area contributed by atoms with Crippen molar-refractivity contribution in [1.82, 2.24) is 4.98 Å². The number of nitrogens with one attached hydrogen (secondary N) is 1. The van der Waals surface area contributed by atoms with Crippen LogP contribution in [0.15, 0.2) is 16.9 Å². The second kappa shape index (κ2) is 8.10. The Morgan fingerprint density at radius 1 is 1.35 bits per heavy atom. The highest BCUT2D eigenvalue weighted by Gasteiger charge is 2.18. The van der Waals surface area contributed by atoms with Crippen molar-refractivity contribution in [3.05, 3.63) is 42.3 Å². The van der Waals surface area contributed by atoms with Gasteiger partial charge in [0.15, 0.2) is 17.3 Å². The minimum atomic E-state index is -0.499. The van der Waals surface area contributed by atoms with Crippen LogP contribution in [0, 0.1) is 5.41 Å². The highest BCUT2D eigenvalue weighted by molar-refractivity contribution is 7.07. The van der Waals surface area contributed by atoms with E-state index in [1.807, 2.05) is 27.7 Å². The number of ether oxygens (including phenoxy) is 2. The van der Waals surface area contributed by atoms with Crippen molar-refractivity contribution in [2.24, 2.45) is 5.41 Å². The third-order valence-corrected chi connectivity index (χ3v) is 4.76. The first kappa shape index (κ1) is 20.3. The third-order valence-electron chi connectivity index (χ3n) is 3.52. The Kier molecular flexibility index (Phi) is 6.31. The van der Waals surface area contributed by atoms with Crippen molar-refractivity contribution in [2.45, 2.75) is 27.7 Å². The summed E-state index contributed by atoms with van der Waals surface area (Å²) in [6.45, 7) is 7.82. The number of hydrogen-bond donors (Lipinski definition) is 1. The zero-order chi connectivity index (χ0) is 19.5. The van der Waals surface area contributed by atoms with Gasteiger partial charge in [-0.05, 0) is 30.7 Å². The van der Waals surface area contributed by atoms with Gasteiger partial charge in [-0.15, -0.1) is 11.3 Å². The number of halogens is 1. The van der Waals surface area contributed by atoms with Gasteiger partial charge in [-0.1, -0.05) is 32.4 Å². The van der Waals surface area contributed by atoms with Crippen LogP contribution in [0.25, 0.3) is 12.2 Å². The van der Waals surface area contributed by atoms with E-state index < -0.39 is 5.41 Å². The molecule has 0 saturated carbocycles. The Labute approximate surface area is 160 Å². The van der Waals surface area contributed by atoms with Crippen molar-refractivity contribution in [3.8, 4) is 11.5 Å². The topological polar surface area (TPSA) is 68.4 Å². The van der Waals surface area contributed by atoms with Crippen LogP contribution in [0.1, 0.15) is 33.3 Å². The summed E-state index contributed by atoms with van der Waals surface area (Å²) < 4.78 is 11.8. The SMILES string of the molecule is CCOc1cc(/C=c2\s/c(=C\C(=O)C(C)(C)C)[nH]c2=O)cc(Cl)c1OC. The van der Waals surface area contributed by atoms with Gasteiger partial charge in [0, 0.05) is 11.5 Å². The van der Waals surface area contributed by atoms with Gasteiger partial charge in [-0.25, -0.2) is 0 Å². The van der Waals surface area contributed by atoms with Gasteiger partial charge in [0.1, 0.15) is 0 Å². The summed E-state index contributed by atoms with van der Waals surface area (Å²) in [5, 5.41) is 0.396. The molecular weight excluding hydrogens is 374 g/mol. The minimum Gasteiger partial charge on any atom is -0.491 e. The second-order valence-corrected chi connectivity index (χ2v) is 8.15. The van der Waals surface area contributed by atoms with E-state index in [0.717, 1.165) is 0 Å². The fourth-order valence-corrected chi connectivity index (χ4v) is 3.33. The molecule has 0 atom stereocenters. The van der Waals surface area contributed by atoms with Crippen molar-refractivity contribution in [2.75, 3.05) is 13.7 Å². The highest BCUT2D eigenvalue weighted by Crippen LogP contribution is 2.36. The summed E-state index contributed by atoms with van der Waals surface area (Å²) >= 11 is 7.46. The monoisotopic (exact) mass is 395 g/mol. The number of carbonyl (C=O) groups is 1. The zero-order valence-corrected chi connectivity index (χ0v) is 17.0. The maximum Gasteiger partial charge on any atom is 0.266 e. The summed E-state index contributed by atoms with van der Waals surface area (Å²) in [5.74, 6) is 0.916. The molecule has 1 aromatic carbocycles. The quantitative estimate of drug-likeness (QED) is 0.845. The van der Waals surface area contributed by atoms with Gasteiger partial charge >= 0.3 is 0 Å². The Morgan fingerprint density at radius 2 is 2.04 bits per heavy atom. The van der Waals surface area contributed by atoms with Crippen molar-refractivity contribution in [3.63, 3.8) is 0 Å². The van der Waals surface area contributed by atoms with Gasteiger partial charge in [0.2, 0.25) is 0 Å². The van der Waals surface area contributed by atoms with Crippen LogP contribution < -0.4 is 24.2 Å². The Hall–Kier alpha value is -2.05. The molecule has 0 aliphatic rings. The molecule has 0 amide bonds. The van der Waals surface area contributed by atoms with Crippen molar-refractivity contribution >= 4 is 40.9 Å². The van der Waals surface area contributed by atoms with Gasteiger partial charge < -0.3 is 14.5 Å². The summed E-state index contributed by atoms with van der Waals surface area (Å²) in [6.07, 6.45) is 3.17. The van der Waals surface area contributed by atoms with Crippen LogP contribution in [-0.2, 0) is 4.79 Å². The first-order valence-corrected chi connectivity index (χ1v) is 9.32. The zero-order valence-electron chi connectivity index (χ0n) is 15.4. The first-order chi connectivity index (χ1) is 12.2. The van der Waals surface area contributed by atoms with Gasteiger partial charge in [-0.2, -0.15) is 0 Å². The number of rotatable bonds is 5.